The maximum atomic E-state index is 11.8. The molecule has 2 unspecified atom stereocenters. The first-order valence-electron chi connectivity index (χ1n) is 9.92. The van der Waals surface area contributed by atoms with Gasteiger partial charge >= 0.3 is 23.9 Å². The number of hydrogen-bond donors (Lipinski definition) is 1. The summed E-state index contributed by atoms with van der Waals surface area (Å²) < 4.78 is 27.0. The van der Waals surface area contributed by atoms with E-state index in [4.69, 9.17) is 23.7 Å². The second-order valence-electron chi connectivity index (χ2n) is 7.30. The number of phenolic OH excluding ortho intramolecular Hbond substituents is 1. The molecule has 2 aromatic carbocycles. The van der Waals surface area contributed by atoms with Crippen molar-refractivity contribution in [2.45, 2.75) is 46.3 Å². The fourth-order valence-electron chi connectivity index (χ4n) is 3.44. The summed E-state index contributed by atoms with van der Waals surface area (Å²) in [7, 11) is 0. The summed E-state index contributed by atoms with van der Waals surface area (Å²) in [6.45, 7) is 4.87. The Hall–Kier alpha value is -4.08. The van der Waals surface area contributed by atoms with E-state index in [1.54, 1.807) is 0 Å². The average molecular weight is 458 g/mol. The second kappa shape index (κ2) is 9.60. The minimum Gasteiger partial charge on any atom is -0.504 e. The van der Waals surface area contributed by atoms with E-state index in [0.29, 0.717) is 11.1 Å². The number of aromatic hydroxyl groups is 1. The van der Waals surface area contributed by atoms with Crippen molar-refractivity contribution in [3.63, 3.8) is 0 Å². The molecule has 2 aromatic rings. The van der Waals surface area contributed by atoms with Crippen LogP contribution in [0.3, 0.4) is 0 Å². The maximum absolute atomic E-state index is 11.8. The van der Waals surface area contributed by atoms with Gasteiger partial charge in [-0.15, -0.1) is 0 Å². The number of rotatable bonds is 5. The summed E-state index contributed by atoms with van der Waals surface area (Å²) in [6.07, 6.45) is -1.63. The zero-order chi connectivity index (χ0) is 24.3. The molecule has 0 aliphatic carbocycles. The van der Waals surface area contributed by atoms with Crippen molar-refractivity contribution in [3.8, 4) is 28.7 Å². The predicted molar refractivity (Wildman–Crippen MR) is 111 cm³/mol. The van der Waals surface area contributed by atoms with Gasteiger partial charge in [-0.3, -0.25) is 19.2 Å². The summed E-state index contributed by atoms with van der Waals surface area (Å²) in [5.74, 6) is -2.32. The van der Waals surface area contributed by atoms with Crippen LogP contribution in [0.4, 0.5) is 0 Å². The zero-order valence-corrected chi connectivity index (χ0v) is 18.4. The van der Waals surface area contributed by atoms with Crippen LogP contribution in [0, 0.1) is 0 Å². The smallest absolute Gasteiger partial charge is 0.308 e. The summed E-state index contributed by atoms with van der Waals surface area (Å²) >= 11 is 0. The van der Waals surface area contributed by atoms with Crippen LogP contribution in [0.1, 0.15) is 44.9 Å². The van der Waals surface area contributed by atoms with Crippen molar-refractivity contribution in [1.82, 2.24) is 0 Å². The number of phenols is 1. The summed E-state index contributed by atoms with van der Waals surface area (Å²) in [5.41, 5.74) is 0.871. The first-order chi connectivity index (χ1) is 15.5. The Morgan fingerprint density at radius 2 is 1.48 bits per heavy atom. The van der Waals surface area contributed by atoms with Crippen molar-refractivity contribution in [1.29, 1.82) is 0 Å². The lowest BCUT2D eigenvalue weighted by molar-refractivity contribution is -0.152. The molecule has 0 fully saturated rings. The standard InChI is InChI=1S/C23H22O10/c1-11(24)29-16-8-19(30-12(2)25)17-10-22(32-14(4)27)23(33-20(17)9-16)15-5-6-18(28)21(7-15)31-13(3)26/h5-9,22-23,28H,10H2,1-4H3. The molecule has 3 rings (SSSR count). The number of fused-ring (bicyclic) bond motifs is 1. The quantitative estimate of drug-likeness (QED) is 0.526. The molecule has 2 atom stereocenters. The summed E-state index contributed by atoms with van der Waals surface area (Å²) in [6, 6.07) is 7.06. The Labute approximate surface area is 189 Å². The molecule has 1 aliphatic rings. The van der Waals surface area contributed by atoms with Crippen molar-refractivity contribution in [2.24, 2.45) is 0 Å². The third-order valence-electron chi connectivity index (χ3n) is 4.54. The third kappa shape index (κ3) is 5.79. The van der Waals surface area contributed by atoms with Gasteiger partial charge in [0.25, 0.3) is 0 Å². The highest BCUT2D eigenvalue weighted by Gasteiger charge is 2.37. The fourth-order valence-corrected chi connectivity index (χ4v) is 3.44. The van der Waals surface area contributed by atoms with E-state index in [1.165, 1.54) is 58.0 Å². The molecule has 1 aliphatic heterocycles. The molecular weight excluding hydrogens is 436 g/mol. The first kappa shape index (κ1) is 23.6. The van der Waals surface area contributed by atoms with Gasteiger partial charge in [0.05, 0.1) is 0 Å². The molecule has 1 N–H and O–H groups in total. The van der Waals surface area contributed by atoms with Crippen LogP contribution in [-0.2, 0) is 30.3 Å². The molecule has 0 saturated heterocycles. The summed E-state index contributed by atoms with van der Waals surface area (Å²) in [4.78, 5) is 46.2. The molecule has 1 heterocycles. The molecular formula is C23H22O10. The van der Waals surface area contributed by atoms with E-state index in [2.05, 4.69) is 0 Å². The molecule has 0 bridgehead atoms. The molecule has 10 nitrogen and oxygen atoms in total. The summed E-state index contributed by atoms with van der Waals surface area (Å²) in [5, 5.41) is 9.99. The lowest BCUT2D eigenvalue weighted by Crippen LogP contribution is -2.34. The van der Waals surface area contributed by atoms with E-state index in [0.717, 1.165) is 0 Å². The van der Waals surface area contributed by atoms with E-state index in [9.17, 15) is 24.3 Å². The number of benzene rings is 2. The number of carbonyl (C=O) groups excluding carboxylic acids is 4. The largest absolute Gasteiger partial charge is 0.504 e. The molecule has 0 aromatic heterocycles. The lowest BCUT2D eigenvalue weighted by atomic mass is 9.93. The van der Waals surface area contributed by atoms with Gasteiger partial charge in [0.15, 0.2) is 17.6 Å². The average Bonchev–Trinajstić information content (AvgIpc) is 2.68. The molecule has 10 heteroatoms. The van der Waals surface area contributed by atoms with Crippen LogP contribution in [0.2, 0.25) is 0 Å². The molecule has 0 radical (unpaired) electrons. The minimum atomic E-state index is -0.880. The third-order valence-corrected chi connectivity index (χ3v) is 4.54. The SMILES string of the molecule is CC(=O)Oc1cc(OC(C)=O)c2c(c1)OC(c1ccc(O)c(OC(C)=O)c1)C(OC(C)=O)C2. The monoisotopic (exact) mass is 458 g/mol. The Kier molecular flexibility index (Phi) is 6.86. The van der Waals surface area contributed by atoms with Gasteiger partial charge in [-0.05, 0) is 12.1 Å². The van der Waals surface area contributed by atoms with Gasteiger partial charge in [-0.25, -0.2) is 0 Å². The highest BCUT2D eigenvalue weighted by Crippen LogP contribution is 2.44. The predicted octanol–water partition coefficient (Wildman–Crippen LogP) is 2.78. The van der Waals surface area contributed by atoms with Gasteiger partial charge in [0.2, 0.25) is 0 Å². The van der Waals surface area contributed by atoms with E-state index in [1.807, 2.05) is 0 Å². The number of ether oxygens (including phenoxy) is 5. The van der Waals surface area contributed by atoms with Crippen molar-refractivity contribution in [3.05, 3.63) is 41.5 Å². The van der Waals surface area contributed by atoms with Crippen molar-refractivity contribution < 1.29 is 48.0 Å². The number of hydrogen-bond acceptors (Lipinski definition) is 10. The molecule has 174 valence electrons. The van der Waals surface area contributed by atoms with Crippen molar-refractivity contribution >= 4 is 23.9 Å². The zero-order valence-electron chi connectivity index (χ0n) is 18.4. The Balaban J connectivity index is 2.09. The van der Waals surface area contributed by atoms with Gasteiger partial charge in [0.1, 0.15) is 23.4 Å². The molecule has 0 spiro atoms. The molecule has 33 heavy (non-hydrogen) atoms. The lowest BCUT2D eigenvalue weighted by Gasteiger charge is -2.34. The van der Waals surface area contributed by atoms with Crippen LogP contribution in [0.15, 0.2) is 30.3 Å². The van der Waals surface area contributed by atoms with Crippen LogP contribution in [-0.4, -0.2) is 35.1 Å². The van der Waals surface area contributed by atoms with Gasteiger partial charge < -0.3 is 28.8 Å². The Bertz CT molecular complexity index is 1120. The van der Waals surface area contributed by atoms with E-state index >= 15 is 0 Å². The normalized spacial score (nSPS) is 16.6. The van der Waals surface area contributed by atoms with Crippen LogP contribution < -0.4 is 18.9 Å². The number of esters is 4. The van der Waals surface area contributed by atoms with Gasteiger partial charge in [-0.2, -0.15) is 0 Å². The fraction of sp³-hybridized carbons (Fsp3) is 0.304. The number of carbonyl (C=O) groups is 4. The topological polar surface area (TPSA) is 135 Å². The highest BCUT2D eigenvalue weighted by atomic mass is 16.6. The molecule has 0 saturated carbocycles. The Morgan fingerprint density at radius 3 is 2.09 bits per heavy atom. The van der Waals surface area contributed by atoms with Crippen LogP contribution in [0.25, 0.3) is 0 Å². The first-order valence-corrected chi connectivity index (χ1v) is 9.92. The van der Waals surface area contributed by atoms with Gasteiger partial charge in [0, 0.05) is 57.4 Å². The molecule has 0 amide bonds. The van der Waals surface area contributed by atoms with Crippen molar-refractivity contribution in [2.75, 3.05) is 0 Å². The maximum Gasteiger partial charge on any atom is 0.308 e. The van der Waals surface area contributed by atoms with E-state index < -0.39 is 36.1 Å². The highest BCUT2D eigenvalue weighted by molar-refractivity contribution is 5.73. The van der Waals surface area contributed by atoms with Gasteiger partial charge in [-0.1, -0.05) is 6.07 Å². The van der Waals surface area contributed by atoms with E-state index in [-0.39, 0.29) is 35.2 Å². The minimum absolute atomic E-state index is 0.0912. The Morgan fingerprint density at radius 1 is 0.848 bits per heavy atom. The van der Waals surface area contributed by atoms with Crippen LogP contribution in [0.5, 0.6) is 28.7 Å². The second-order valence-corrected chi connectivity index (χ2v) is 7.30. The van der Waals surface area contributed by atoms with Crippen LogP contribution >= 0.6 is 0 Å².